The summed E-state index contributed by atoms with van der Waals surface area (Å²) in [5.74, 6) is -0.829. The Kier molecular flexibility index (Phi) is 4.06. The molecule has 4 nitrogen and oxygen atoms in total. The predicted molar refractivity (Wildman–Crippen MR) is 70.4 cm³/mol. The average molecular weight is 335 g/mol. The van der Waals surface area contributed by atoms with E-state index in [2.05, 4.69) is 0 Å². The van der Waals surface area contributed by atoms with Gasteiger partial charge in [-0.1, -0.05) is 6.07 Å². The van der Waals surface area contributed by atoms with Gasteiger partial charge in [-0.2, -0.15) is 13.2 Å². The number of benzene rings is 1. The van der Waals surface area contributed by atoms with E-state index in [9.17, 15) is 26.4 Å². The summed E-state index contributed by atoms with van der Waals surface area (Å²) in [5, 5.41) is 1.60. The molecular formula is C12H8F3NO3S2. The van der Waals surface area contributed by atoms with Crippen LogP contribution in [-0.2, 0) is 16.2 Å². The number of nitrogens with one attached hydrogen (secondary N) is 1. The molecule has 1 aromatic heterocycles. The zero-order valence-electron chi connectivity index (χ0n) is 10.2. The third-order valence-corrected chi connectivity index (χ3v) is 4.68. The molecule has 0 spiro atoms. The second kappa shape index (κ2) is 5.49. The van der Waals surface area contributed by atoms with Gasteiger partial charge in [0.25, 0.3) is 15.9 Å². The lowest BCUT2D eigenvalue weighted by atomic mass is 10.2. The minimum absolute atomic E-state index is 0.186. The average Bonchev–Trinajstić information content (AvgIpc) is 2.91. The normalized spacial score (nSPS) is 12.1. The van der Waals surface area contributed by atoms with Crippen LogP contribution in [0.4, 0.5) is 13.2 Å². The van der Waals surface area contributed by atoms with Gasteiger partial charge in [0.15, 0.2) is 0 Å². The van der Waals surface area contributed by atoms with Gasteiger partial charge in [0, 0.05) is 0 Å². The molecule has 0 radical (unpaired) electrons. The molecule has 0 fully saturated rings. The molecule has 0 aliphatic rings. The highest BCUT2D eigenvalue weighted by molar-refractivity contribution is 7.90. The fourth-order valence-corrected chi connectivity index (χ4v) is 3.11. The van der Waals surface area contributed by atoms with Crippen molar-refractivity contribution in [2.75, 3.05) is 0 Å². The van der Waals surface area contributed by atoms with Crippen molar-refractivity contribution < 1.29 is 26.4 Å². The lowest BCUT2D eigenvalue weighted by Gasteiger charge is -2.09. The number of hydrogen-bond donors (Lipinski definition) is 1. The SMILES string of the molecule is O=C(NS(=O)(=O)c1ccc(C(F)(F)F)cc1)c1cccs1. The predicted octanol–water partition coefficient (Wildman–Crippen LogP) is 2.89. The Morgan fingerprint density at radius 2 is 1.71 bits per heavy atom. The summed E-state index contributed by atoms with van der Waals surface area (Å²) in [6, 6.07) is 5.89. The van der Waals surface area contributed by atoms with Crippen LogP contribution in [-0.4, -0.2) is 14.3 Å². The zero-order valence-corrected chi connectivity index (χ0v) is 11.8. The maximum atomic E-state index is 12.4. The van der Waals surface area contributed by atoms with E-state index in [0.29, 0.717) is 12.1 Å². The first-order valence-electron chi connectivity index (χ1n) is 5.48. The Bertz CT molecular complexity index is 735. The number of sulfonamides is 1. The van der Waals surface area contributed by atoms with E-state index in [-0.39, 0.29) is 4.88 Å². The second-order valence-corrected chi connectivity index (χ2v) is 6.56. The number of amides is 1. The van der Waals surface area contributed by atoms with Crippen molar-refractivity contribution >= 4 is 27.3 Å². The lowest BCUT2D eigenvalue weighted by Crippen LogP contribution is -2.30. The van der Waals surface area contributed by atoms with Crippen LogP contribution < -0.4 is 4.72 Å². The smallest absolute Gasteiger partial charge is 0.267 e. The van der Waals surface area contributed by atoms with Crippen molar-refractivity contribution in [2.24, 2.45) is 0 Å². The highest BCUT2D eigenvalue weighted by Gasteiger charge is 2.30. The maximum Gasteiger partial charge on any atom is 0.416 e. The number of carbonyl (C=O) groups excluding carboxylic acids is 1. The largest absolute Gasteiger partial charge is 0.416 e. The van der Waals surface area contributed by atoms with Gasteiger partial charge in [0.2, 0.25) is 0 Å². The molecule has 0 aliphatic carbocycles. The Morgan fingerprint density at radius 3 is 2.19 bits per heavy atom. The minimum atomic E-state index is -4.55. The highest BCUT2D eigenvalue weighted by Crippen LogP contribution is 2.29. The van der Waals surface area contributed by atoms with Gasteiger partial charge in [0.05, 0.1) is 15.3 Å². The molecule has 112 valence electrons. The van der Waals surface area contributed by atoms with E-state index in [1.54, 1.807) is 16.2 Å². The molecule has 0 aliphatic heterocycles. The number of thiophene rings is 1. The molecule has 0 saturated carbocycles. The Labute approximate surface area is 122 Å². The molecule has 2 rings (SSSR count). The third-order valence-electron chi connectivity index (χ3n) is 2.46. The van der Waals surface area contributed by atoms with Gasteiger partial charge < -0.3 is 0 Å². The molecule has 2 aromatic rings. The summed E-state index contributed by atoms with van der Waals surface area (Å²) in [5.41, 5.74) is -0.967. The van der Waals surface area contributed by atoms with E-state index in [1.165, 1.54) is 6.07 Å². The van der Waals surface area contributed by atoms with Crippen LogP contribution in [0.3, 0.4) is 0 Å². The molecule has 1 amide bonds. The molecular weight excluding hydrogens is 327 g/mol. The van der Waals surface area contributed by atoms with E-state index in [0.717, 1.165) is 23.5 Å². The number of rotatable bonds is 3. The standard InChI is InChI=1S/C12H8F3NO3S2/c13-12(14,15)8-3-5-9(6-4-8)21(18,19)16-11(17)10-2-1-7-20-10/h1-7H,(H,16,17). The lowest BCUT2D eigenvalue weighted by molar-refractivity contribution is -0.137. The molecule has 0 saturated heterocycles. The molecule has 1 N–H and O–H groups in total. The second-order valence-electron chi connectivity index (χ2n) is 3.93. The van der Waals surface area contributed by atoms with Crippen LogP contribution in [0.25, 0.3) is 0 Å². The summed E-state index contributed by atoms with van der Waals surface area (Å²) in [7, 11) is -4.21. The fraction of sp³-hybridized carbons (Fsp3) is 0.0833. The van der Waals surface area contributed by atoms with E-state index in [1.807, 2.05) is 0 Å². The summed E-state index contributed by atoms with van der Waals surface area (Å²) < 4.78 is 62.8. The van der Waals surface area contributed by atoms with Crippen LogP contribution in [0.5, 0.6) is 0 Å². The number of hydrogen-bond acceptors (Lipinski definition) is 4. The highest BCUT2D eigenvalue weighted by atomic mass is 32.2. The maximum absolute atomic E-state index is 12.4. The van der Waals surface area contributed by atoms with Gasteiger partial charge in [-0.05, 0) is 35.7 Å². The van der Waals surface area contributed by atoms with Gasteiger partial charge >= 0.3 is 6.18 Å². The van der Waals surface area contributed by atoms with Gasteiger partial charge in [-0.3, -0.25) is 4.79 Å². The first kappa shape index (κ1) is 15.5. The van der Waals surface area contributed by atoms with Crippen molar-refractivity contribution in [3.05, 3.63) is 52.2 Å². The summed E-state index contributed by atoms with van der Waals surface area (Å²) >= 11 is 1.05. The number of halogens is 3. The Morgan fingerprint density at radius 1 is 1.10 bits per heavy atom. The molecule has 0 bridgehead atoms. The molecule has 21 heavy (non-hydrogen) atoms. The van der Waals surface area contributed by atoms with Crippen molar-refractivity contribution in [3.8, 4) is 0 Å². The zero-order chi connectivity index (χ0) is 15.7. The van der Waals surface area contributed by atoms with E-state index in [4.69, 9.17) is 0 Å². The Hall–Kier alpha value is -1.87. The van der Waals surface area contributed by atoms with E-state index >= 15 is 0 Å². The van der Waals surface area contributed by atoms with Crippen LogP contribution in [0, 0.1) is 0 Å². The third kappa shape index (κ3) is 3.61. The summed E-state index contributed by atoms with van der Waals surface area (Å²) in [6.45, 7) is 0. The molecule has 1 aromatic carbocycles. The van der Waals surface area contributed by atoms with Crippen LogP contribution in [0.2, 0.25) is 0 Å². The first-order valence-corrected chi connectivity index (χ1v) is 7.84. The number of carbonyl (C=O) groups is 1. The fourth-order valence-electron chi connectivity index (χ4n) is 1.46. The van der Waals surface area contributed by atoms with Crippen molar-refractivity contribution in [3.63, 3.8) is 0 Å². The molecule has 0 atom stereocenters. The number of alkyl halides is 3. The molecule has 9 heteroatoms. The topological polar surface area (TPSA) is 63.2 Å². The monoisotopic (exact) mass is 335 g/mol. The van der Waals surface area contributed by atoms with Gasteiger partial charge in [-0.15, -0.1) is 11.3 Å². The van der Waals surface area contributed by atoms with Crippen LogP contribution >= 0.6 is 11.3 Å². The minimum Gasteiger partial charge on any atom is -0.267 e. The van der Waals surface area contributed by atoms with Crippen LogP contribution in [0.1, 0.15) is 15.2 Å². The Balaban J connectivity index is 2.22. The molecule has 1 heterocycles. The van der Waals surface area contributed by atoms with Gasteiger partial charge in [-0.25, -0.2) is 13.1 Å². The van der Waals surface area contributed by atoms with Crippen molar-refractivity contribution in [1.82, 2.24) is 4.72 Å². The molecule has 0 unspecified atom stereocenters. The van der Waals surface area contributed by atoms with Gasteiger partial charge in [0.1, 0.15) is 0 Å². The van der Waals surface area contributed by atoms with Crippen LogP contribution in [0.15, 0.2) is 46.7 Å². The van der Waals surface area contributed by atoms with Crippen molar-refractivity contribution in [2.45, 2.75) is 11.1 Å². The summed E-state index contributed by atoms with van der Waals surface area (Å²) in [6.07, 6.45) is -4.55. The van der Waals surface area contributed by atoms with E-state index < -0.39 is 32.6 Å². The summed E-state index contributed by atoms with van der Waals surface area (Å²) in [4.78, 5) is 11.4. The van der Waals surface area contributed by atoms with Crippen molar-refractivity contribution in [1.29, 1.82) is 0 Å². The first-order chi connectivity index (χ1) is 9.70. The quantitative estimate of drug-likeness (QED) is 0.938.